The van der Waals surface area contributed by atoms with Crippen LogP contribution in [0.5, 0.6) is 5.75 Å². The second-order valence-corrected chi connectivity index (χ2v) is 6.39. The number of hydrogen-bond acceptors (Lipinski definition) is 5. The van der Waals surface area contributed by atoms with Gasteiger partial charge in [0.2, 0.25) is 6.19 Å². The van der Waals surface area contributed by atoms with Gasteiger partial charge in [0.25, 0.3) is 5.91 Å². The van der Waals surface area contributed by atoms with Gasteiger partial charge in [-0.3, -0.25) is 10.1 Å². The predicted octanol–water partition coefficient (Wildman–Crippen LogP) is 3.91. The van der Waals surface area contributed by atoms with Crippen molar-refractivity contribution in [1.29, 1.82) is 5.26 Å². The number of amidine groups is 1. The van der Waals surface area contributed by atoms with Gasteiger partial charge in [0.15, 0.2) is 5.17 Å². The van der Waals surface area contributed by atoms with E-state index in [1.165, 1.54) is 0 Å². The lowest BCUT2D eigenvalue weighted by Crippen LogP contribution is -2.19. The first-order chi connectivity index (χ1) is 12.7. The minimum Gasteiger partial charge on any atom is -0.497 e. The van der Waals surface area contributed by atoms with E-state index in [2.05, 4.69) is 10.3 Å². The van der Waals surface area contributed by atoms with Crippen LogP contribution in [-0.2, 0) is 4.79 Å². The molecule has 0 bridgehead atoms. The molecule has 2 aromatic rings. The summed E-state index contributed by atoms with van der Waals surface area (Å²) in [5.41, 5.74) is 3.04. The third kappa shape index (κ3) is 4.41. The van der Waals surface area contributed by atoms with Gasteiger partial charge in [-0.05, 0) is 46.7 Å². The molecule has 0 spiro atoms. The lowest BCUT2D eigenvalue weighted by molar-refractivity contribution is -0.115. The molecule has 0 atom stereocenters. The Balaban J connectivity index is 1.69. The Morgan fingerprint density at radius 1 is 1.04 bits per heavy atom. The minimum atomic E-state index is -0.243. The van der Waals surface area contributed by atoms with Gasteiger partial charge in [-0.1, -0.05) is 48.6 Å². The fourth-order valence-corrected chi connectivity index (χ4v) is 3.07. The minimum absolute atomic E-state index is 0.243. The smallest absolute Gasteiger partial charge is 0.264 e. The molecule has 0 radical (unpaired) electrons. The van der Waals surface area contributed by atoms with Crippen LogP contribution < -0.4 is 10.1 Å². The van der Waals surface area contributed by atoms with Crippen LogP contribution in [-0.4, -0.2) is 18.2 Å². The van der Waals surface area contributed by atoms with E-state index < -0.39 is 0 Å². The number of nitrogens with zero attached hydrogens (tertiary/aromatic N) is 2. The van der Waals surface area contributed by atoms with E-state index in [0.717, 1.165) is 34.2 Å². The summed E-state index contributed by atoms with van der Waals surface area (Å²) in [7, 11) is 1.65. The Labute approximate surface area is 155 Å². The number of benzene rings is 2. The molecule has 1 heterocycles. The molecule has 1 fully saturated rings. The van der Waals surface area contributed by atoms with Gasteiger partial charge in [-0.2, -0.15) is 5.26 Å². The second kappa shape index (κ2) is 8.19. The maximum Gasteiger partial charge on any atom is 0.264 e. The van der Waals surface area contributed by atoms with E-state index in [-0.39, 0.29) is 5.91 Å². The molecule has 3 rings (SSSR count). The zero-order valence-electron chi connectivity index (χ0n) is 14.0. The van der Waals surface area contributed by atoms with E-state index in [1.54, 1.807) is 19.4 Å². The number of hydrogen-bond donors (Lipinski definition) is 1. The third-order valence-electron chi connectivity index (χ3n) is 3.62. The molecule has 0 saturated carbocycles. The SMILES string of the molecule is COc1ccc(/C=C/c2ccc(C=C3SC(=NC#N)NC3=O)cc2)cc1. The molecule has 1 saturated heterocycles. The molecule has 128 valence electrons. The van der Waals surface area contributed by atoms with Crippen LogP contribution >= 0.6 is 11.8 Å². The molecule has 1 N–H and O–H groups in total. The van der Waals surface area contributed by atoms with Crippen LogP contribution in [0.25, 0.3) is 18.2 Å². The quantitative estimate of drug-likeness (QED) is 0.509. The normalized spacial score (nSPS) is 16.8. The lowest BCUT2D eigenvalue weighted by Gasteiger charge is -2.00. The number of nitriles is 1. The van der Waals surface area contributed by atoms with Gasteiger partial charge >= 0.3 is 0 Å². The topological polar surface area (TPSA) is 74.5 Å². The molecule has 1 amide bonds. The Bertz CT molecular complexity index is 937. The summed E-state index contributed by atoms with van der Waals surface area (Å²) in [5, 5.41) is 11.4. The molecular formula is C20H15N3O2S. The summed E-state index contributed by atoms with van der Waals surface area (Å²) >= 11 is 1.16. The monoisotopic (exact) mass is 361 g/mol. The van der Waals surface area contributed by atoms with E-state index in [1.807, 2.05) is 60.7 Å². The summed E-state index contributed by atoms with van der Waals surface area (Å²) in [6.07, 6.45) is 7.49. The molecule has 6 heteroatoms. The fraction of sp³-hybridized carbons (Fsp3) is 0.0500. The highest BCUT2D eigenvalue weighted by molar-refractivity contribution is 8.18. The fourth-order valence-electron chi connectivity index (χ4n) is 2.29. The molecular weight excluding hydrogens is 346 g/mol. The molecule has 26 heavy (non-hydrogen) atoms. The van der Waals surface area contributed by atoms with Crippen molar-refractivity contribution in [3.05, 3.63) is 70.1 Å². The first-order valence-corrected chi connectivity index (χ1v) is 8.59. The van der Waals surface area contributed by atoms with E-state index in [9.17, 15) is 4.79 Å². The van der Waals surface area contributed by atoms with Crippen molar-refractivity contribution in [2.45, 2.75) is 0 Å². The summed E-state index contributed by atoms with van der Waals surface area (Å²) in [6, 6.07) is 15.7. The first-order valence-electron chi connectivity index (χ1n) is 7.78. The number of thioether (sulfide) groups is 1. The van der Waals surface area contributed by atoms with Crippen molar-refractivity contribution in [2.75, 3.05) is 7.11 Å². The molecule has 0 aromatic heterocycles. The van der Waals surface area contributed by atoms with Crippen LogP contribution in [0.1, 0.15) is 16.7 Å². The highest BCUT2D eigenvalue weighted by Gasteiger charge is 2.23. The van der Waals surface area contributed by atoms with Crippen LogP contribution in [0.4, 0.5) is 0 Å². The van der Waals surface area contributed by atoms with Crippen molar-refractivity contribution >= 4 is 41.1 Å². The number of aliphatic imine (C=N–C) groups is 1. The zero-order valence-corrected chi connectivity index (χ0v) is 14.8. The van der Waals surface area contributed by atoms with Gasteiger partial charge in [0.05, 0.1) is 12.0 Å². The van der Waals surface area contributed by atoms with Crippen molar-refractivity contribution in [2.24, 2.45) is 4.99 Å². The number of nitrogens with one attached hydrogen (secondary N) is 1. The maximum absolute atomic E-state index is 11.8. The number of methoxy groups -OCH3 is 1. The van der Waals surface area contributed by atoms with Crippen LogP contribution in [0.2, 0.25) is 0 Å². The highest BCUT2D eigenvalue weighted by atomic mass is 32.2. The molecule has 2 aromatic carbocycles. The van der Waals surface area contributed by atoms with Crippen LogP contribution in [0.3, 0.4) is 0 Å². The summed E-state index contributed by atoms with van der Waals surface area (Å²) in [4.78, 5) is 15.9. The van der Waals surface area contributed by atoms with Gasteiger partial charge in [0, 0.05) is 0 Å². The Kier molecular flexibility index (Phi) is 5.52. The average molecular weight is 361 g/mol. The molecule has 1 aliphatic heterocycles. The Hall–Kier alpha value is -3.30. The van der Waals surface area contributed by atoms with E-state index >= 15 is 0 Å². The van der Waals surface area contributed by atoms with Crippen molar-refractivity contribution in [3.8, 4) is 11.9 Å². The number of carbonyl (C=O) groups is 1. The Morgan fingerprint density at radius 3 is 2.19 bits per heavy atom. The highest BCUT2D eigenvalue weighted by Crippen LogP contribution is 2.26. The van der Waals surface area contributed by atoms with E-state index in [4.69, 9.17) is 10.00 Å². The third-order valence-corrected chi connectivity index (χ3v) is 4.53. The number of amides is 1. The van der Waals surface area contributed by atoms with Crippen LogP contribution in [0.15, 0.2) is 58.4 Å². The number of ether oxygens (including phenoxy) is 1. The largest absolute Gasteiger partial charge is 0.497 e. The predicted molar refractivity (Wildman–Crippen MR) is 105 cm³/mol. The number of carbonyl (C=O) groups excluding carboxylic acids is 1. The van der Waals surface area contributed by atoms with Crippen LogP contribution in [0, 0.1) is 11.5 Å². The maximum atomic E-state index is 11.8. The molecule has 1 aliphatic rings. The second-order valence-electron chi connectivity index (χ2n) is 5.35. The first kappa shape index (κ1) is 17.5. The van der Waals surface area contributed by atoms with Crippen molar-refractivity contribution in [3.63, 3.8) is 0 Å². The molecule has 0 aliphatic carbocycles. The van der Waals surface area contributed by atoms with Gasteiger partial charge in [-0.15, -0.1) is 4.99 Å². The standard InChI is InChI=1S/C20H15N3O2S/c1-25-17-10-8-15(9-11-17)3-2-14-4-6-16(7-5-14)12-18-19(24)23-20(26-18)22-13-21/h2-12H,1H3,(H,22,23,24)/b3-2+,18-12?. The molecule has 5 nitrogen and oxygen atoms in total. The van der Waals surface area contributed by atoms with Crippen molar-refractivity contribution in [1.82, 2.24) is 5.32 Å². The lowest BCUT2D eigenvalue weighted by atomic mass is 10.1. The Morgan fingerprint density at radius 2 is 1.62 bits per heavy atom. The van der Waals surface area contributed by atoms with Crippen molar-refractivity contribution < 1.29 is 9.53 Å². The van der Waals surface area contributed by atoms with Gasteiger partial charge < -0.3 is 4.74 Å². The number of rotatable bonds is 4. The summed E-state index contributed by atoms with van der Waals surface area (Å²) in [5.74, 6) is 0.587. The average Bonchev–Trinajstić information content (AvgIpc) is 3.01. The van der Waals surface area contributed by atoms with E-state index in [0.29, 0.717) is 10.1 Å². The van der Waals surface area contributed by atoms with Gasteiger partial charge in [0.1, 0.15) is 5.75 Å². The van der Waals surface area contributed by atoms with Gasteiger partial charge in [-0.25, -0.2) is 0 Å². The summed E-state index contributed by atoms with van der Waals surface area (Å²) in [6.45, 7) is 0. The molecule has 0 unspecified atom stereocenters. The zero-order chi connectivity index (χ0) is 18.4. The summed E-state index contributed by atoms with van der Waals surface area (Å²) < 4.78 is 5.14.